The molecule has 29 heavy (non-hydrogen) atoms. The van der Waals surface area contributed by atoms with Crippen LogP contribution in [0.2, 0.25) is 0 Å². The Morgan fingerprint density at radius 1 is 1.00 bits per heavy atom. The summed E-state index contributed by atoms with van der Waals surface area (Å²) in [4.78, 5) is 15.0. The van der Waals surface area contributed by atoms with E-state index in [2.05, 4.69) is 6.92 Å². The summed E-state index contributed by atoms with van der Waals surface area (Å²) >= 11 is 0. The summed E-state index contributed by atoms with van der Waals surface area (Å²) in [6, 6.07) is 14.5. The zero-order valence-corrected chi connectivity index (χ0v) is 18.1. The van der Waals surface area contributed by atoms with Gasteiger partial charge in [0.2, 0.25) is 10.0 Å². The van der Waals surface area contributed by atoms with Crippen LogP contribution in [0.25, 0.3) is 11.1 Å². The summed E-state index contributed by atoms with van der Waals surface area (Å²) in [7, 11) is -3.41. The van der Waals surface area contributed by atoms with E-state index in [0.717, 1.165) is 43.4 Å². The number of carbonyl (C=O) groups excluding carboxylic acids is 1. The molecule has 0 radical (unpaired) electrons. The van der Waals surface area contributed by atoms with Crippen LogP contribution in [-0.4, -0.2) is 49.7 Å². The van der Waals surface area contributed by atoms with Crippen molar-refractivity contribution in [2.24, 2.45) is 0 Å². The van der Waals surface area contributed by atoms with Gasteiger partial charge in [0.25, 0.3) is 5.91 Å². The molecule has 1 fully saturated rings. The average molecular weight is 415 g/mol. The molecular weight excluding hydrogens is 384 g/mol. The molecular formula is C23H30N2O3S. The zero-order chi connectivity index (χ0) is 20.9. The fourth-order valence-corrected chi connectivity index (χ4v) is 5.18. The van der Waals surface area contributed by atoms with Crippen molar-refractivity contribution in [3.05, 3.63) is 54.1 Å². The SMILES string of the molecule is CCCCN(CC)C(=O)c1cccc(-c2ccc(S(=O)(=O)N3CCCC3)cc2)c1. The van der Waals surface area contributed by atoms with E-state index in [0.29, 0.717) is 30.1 Å². The molecule has 1 heterocycles. The van der Waals surface area contributed by atoms with Gasteiger partial charge in [0, 0.05) is 31.7 Å². The second kappa shape index (κ2) is 9.55. The smallest absolute Gasteiger partial charge is 0.253 e. The molecule has 1 aliphatic heterocycles. The van der Waals surface area contributed by atoms with Gasteiger partial charge in [0.05, 0.1) is 4.90 Å². The largest absolute Gasteiger partial charge is 0.339 e. The molecule has 156 valence electrons. The van der Waals surface area contributed by atoms with E-state index in [1.54, 1.807) is 16.4 Å². The summed E-state index contributed by atoms with van der Waals surface area (Å²) in [5.74, 6) is 0.0380. The van der Waals surface area contributed by atoms with Crippen molar-refractivity contribution in [1.29, 1.82) is 0 Å². The number of hydrogen-bond donors (Lipinski definition) is 0. The van der Waals surface area contributed by atoms with Gasteiger partial charge in [-0.05, 0) is 61.6 Å². The van der Waals surface area contributed by atoms with Crippen molar-refractivity contribution in [1.82, 2.24) is 9.21 Å². The number of carbonyl (C=O) groups is 1. The Labute approximate surface area is 174 Å². The molecule has 0 aliphatic carbocycles. The van der Waals surface area contributed by atoms with Gasteiger partial charge >= 0.3 is 0 Å². The Hall–Kier alpha value is -2.18. The van der Waals surface area contributed by atoms with Crippen LogP contribution in [0, 0.1) is 0 Å². The molecule has 0 saturated carbocycles. The summed E-state index contributed by atoms with van der Waals surface area (Å²) in [6.07, 6.45) is 3.89. The van der Waals surface area contributed by atoms with Crippen LogP contribution in [0.3, 0.4) is 0 Å². The highest BCUT2D eigenvalue weighted by atomic mass is 32.2. The third-order valence-electron chi connectivity index (χ3n) is 5.45. The summed E-state index contributed by atoms with van der Waals surface area (Å²) in [6.45, 7) is 6.76. The van der Waals surface area contributed by atoms with Gasteiger partial charge < -0.3 is 4.90 Å². The molecule has 0 bridgehead atoms. The summed E-state index contributed by atoms with van der Waals surface area (Å²) in [5, 5.41) is 0. The lowest BCUT2D eigenvalue weighted by Crippen LogP contribution is -2.31. The third-order valence-corrected chi connectivity index (χ3v) is 7.36. The van der Waals surface area contributed by atoms with Gasteiger partial charge in [-0.1, -0.05) is 37.6 Å². The lowest BCUT2D eigenvalue weighted by atomic mass is 10.0. The molecule has 2 aromatic carbocycles. The van der Waals surface area contributed by atoms with Crippen LogP contribution < -0.4 is 0 Å². The molecule has 0 atom stereocenters. The fraction of sp³-hybridized carbons (Fsp3) is 0.435. The van der Waals surface area contributed by atoms with Crippen LogP contribution in [0.4, 0.5) is 0 Å². The summed E-state index contributed by atoms with van der Waals surface area (Å²) < 4.78 is 26.9. The van der Waals surface area contributed by atoms with E-state index in [4.69, 9.17) is 0 Å². The second-order valence-electron chi connectivity index (χ2n) is 7.45. The van der Waals surface area contributed by atoms with Crippen molar-refractivity contribution in [3.63, 3.8) is 0 Å². The maximum absolute atomic E-state index is 12.8. The van der Waals surface area contributed by atoms with Crippen LogP contribution in [0.15, 0.2) is 53.4 Å². The number of nitrogens with zero attached hydrogens (tertiary/aromatic N) is 2. The average Bonchev–Trinajstić information content (AvgIpc) is 3.30. The molecule has 0 aromatic heterocycles. The number of hydrogen-bond acceptors (Lipinski definition) is 3. The first-order valence-corrected chi connectivity index (χ1v) is 11.9. The highest BCUT2D eigenvalue weighted by Gasteiger charge is 2.27. The fourth-order valence-electron chi connectivity index (χ4n) is 3.66. The standard InChI is InChI=1S/C23H30N2O3S/c1-3-5-15-24(4-2)23(26)21-10-8-9-20(18-21)19-11-13-22(14-12-19)29(27,28)25-16-6-7-17-25/h8-14,18H,3-7,15-17H2,1-2H3. The topological polar surface area (TPSA) is 57.7 Å². The van der Waals surface area contributed by atoms with E-state index >= 15 is 0 Å². The van der Waals surface area contributed by atoms with Crippen LogP contribution in [0.5, 0.6) is 0 Å². The number of unbranched alkanes of at least 4 members (excludes halogenated alkanes) is 1. The number of rotatable bonds is 8. The third kappa shape index (κ3) is 4.87. The number of benzene rings is 2. The monoisotopic (exact) mass is 414 g/mol. The van der Waals surface area contributed by atoms with E-state index in [9.17, 15) is 13.2 Å². The predicted molar refractivity (Wildman–Crippen MR) is 116 cm³/mol. The lowest BCUT2D eigenvalue weighted by molar-refractivity contribution is 0.0762. The molecule has 0 N–H and O–H groups in total. The lowest BCUT2D eigenvalue weighted by Gasteiger charge is -2.21. The molecule has 1 saturated heterocycles. The van der Waals surface area contributed by atoms with Gasteiger partial charge in [-0.2, -0.15) is 4.31 Å². The molecule has 1 aliphatic rings. The van der Waals surface area contributed by atoms with Gasteiger partial charge in [0.15, 0.2) is 0 Å². The van der Waals surface area contributed by atoms with Gasteiger partial charge in [-0.3, -0.25) is 4.79 Å². The normalized spacial score (nSPS) is 14.8. The minimum absolute atomic E-state index is 0.0380. The molecule has 1 amide bonds. The Bertz CT molecular complexity index is 933. The van der Waals surface area contributed by atoms with Crippen molar-refractivity contribution >= 4 is 15.9 Å². The highest BCUT2D eigenvalue weighted by Crippen LogP contribution is 2.26. The number of amides is 1. The number of sulfonamides is 1. The molecule has 0 spiro atoms. The van der Waals surface area contributed by atoms with E-state index in [1.807, 2.05) is 48.2 Å². The van der Waals surface area contributed by atoms with Gasteiger partial charge in [-0.15, -0.1) is 0 Å². The van der Waals surface area contributed by atoms with E-state index in [-0.39, 0.29) is 5.91 Å². The van der Waals surface area contributed by atoms with E-state index in [1.165, 1.54) is 0 Å². The van der Waals surface area contributed by atoms with Crippen LogP contribution in [-0.2, 0) is 10.0 Å². The Morgan fingerprint density at radius 3 is 2.31 bits per heavy atom. The zero-order valence-electron chi connectivity index (χ0n) is 17.3. The van der Waals surface area contributed by atoms with Crippen molar-refractivity contribution in [2.75, 3.05) is 26.2 Å². The van der Waals surface area contributed by atoms with Crippen molar-refractivity contribution in [3.8, 4) is 11.1 Å². The predicted octanol–water partition coefficient (Wildman–Crippen LogP) is 4.40. The minimum Gasteiger partial charge on any atom is -0.339 e. The Kier molecular flexibility index (Phi) is 7.09. The molecule has 2 aromatic rings. The second-order valence-corrected chi connectivity index (χ2v) is 9.39. The van der Waals surface area contributed by atoms with Crippen molar-refractivity contribution in [2.45, 2.75) is 44.4 Å². The quantitative estimate of drug-likeness (QED) is 0.643. The molecule has 3 rings (SSSR count). The first-order chi connectivity index (χ1) is 14.0. The first kappa shape index (κ1) is 21.5. The highest BCUT2D eigenvalue weighted by molar-refractivity contribution is 7.89. The minimum atomic E-state index is -3.41. The molecule has 0 unspecified atom stereocenters. The Morgan fingerprint density at radius 2 is 1.69 bits per heavy atom. The van der Waals surface area contributed by atoms with Crippen LogP contribution >= 0.6 is 0 Å². The van der Waals surface area contributed by atoms with Gasteiger partial charge in [0.1, 0.15) is 0 Å². The van der Waals surface area contributed by atoms with Crippen molar-refractivity contribution < 1.29 is 13.2 Å². The van der Waals surface area contributed by atoms with Crippen LogP contribution in [0.1, 0.15) is 49.9 Å². The summed E-state index contributed by atoms with van der Waals surface area (Å²) in [5.41, 5.74) is 2.47. The van der Waals surface area contributed by atoms with E-state index < -0.39 is 10.0 Å². The molecule has 5 nitrogen and oxygen atoms in total. The maximum atomic E-state index is 12.8. The molecule has 6 heteroatoms. The first-order valence-electron chi connectivity index (χ1n) is 10.5. The van der Waals surface area contributed by atoms with Gasteiger partial charge in [-0.25, -0.2) is 8.42 Å². The Balaban J connectivity index is 1.81. The maximum Gasteiger partial charge on any atom is 0.253 e.